The van der Waals surface area contributed by atoms with Crippen LogP contribution >= 0.6 is 23.2 Å². The minimum absolute atomic E-state index is 0.0830. The van der Waals surface area contributed by atoms with Crippen LogP contribution in [0.5, 0.6) is 0 Å². The predicted molar refractivity (Wildman–Crippen MR) is 124 cm³/mol. The molecular weight excluding hydrogens is 411 g/mol. The fourth-order valence-electron chi connectivity index (χ4n) is 5.18. The molecule has 2 fully saturated rings. The minimum atomic E-state index is 0.0830. The smallest absolute Gasteiger partial charge is 0.0631 e. The molecular formula is C26H28Cl2N2. The zero-order valence-electron chi connectivity index (χ0n) is 17.3. The van der Waals surface area contributed by atoms with Crippen molar-refractivity contribution in [1.29, 1.82) is 10.5 Å². The molecule has 30 heavy (non-hydrogen) atoms. The van der Waals surface area contributed by atoms with Gasteiger partial charge < -0.3 is 0 Å². The van der Waals surface area contributed by atoms with Crippen molar-refractivity contribution in [1.82, 2.24) is 0 Å². The van der Waals surface area contributed by atoms with E-state index in [-0.39, 0.29) is 10.8 Å². The maximum absolute atomic E-state index is 8.94. The van der Waals surface area contributed by atoms with Crippen LogP contribution in [0.2, 0.25) is 10.0 Å². The lowest BCUT2D eigenvalue weighted by atomic mass is 9.76. The summed E-state index contributed by atoms with van der Waals surface area (Å²) < 4.78 is 0. The standard InChI is InChI=1S/2C13H14ClN/c2*14-12-5-3-4-11(10-12)13(8-9-15)6-1-2-7-13/h2*3-5,10H,1-2,6-8H2. The molecule has 0 spiro atoms. The molecule has 0 atom stereocenters. The number of nitrogens with zero attached hydrogens (tertiary/aromatic N) is 2. The van der Waals surface area contributed by atoms with Crippen molar-refractivity contribution in [3.8, 4) is 12.1 Å². The first kappa shape index (κ1) is 22.7. The summed E-state index contributed by atoms with van der Waals surface area (Å²) in [6.45, 7) is 0. The monoisotopic (exact) mass is 438 g/mol. The van der Waals surface area contributed by atoms with Crippen molar-refractivity contribution in [3.63, 3.8) is 0 Å². The number of hydrogen-bond donors (Lipinski definition) is 0. The molecule has 2 nitrogen and oxygen atoms in total. The van der Waals surface area contributed by atoms with Gasteiger partial charge in [-0.1, -0.05) is 73.2 Å². The number of halogens is 2. The maximum atomic E-state index is 8.94. The van der Waals surface area contributed by atoms with Crippen LogP contribution in [0.25, 0.3) is 0 Å². The molecule has 0 N–H and O–H groups in total. The summed E-state index contributed by atoms with van der Waals surface area (Å²) in [5.74, 6) is 0. The second kappa shape index (κ2) is 10.3. The van der Waals surface area contributed by atoms with Crippen LogP contribution in [0.15, 0.2) is 48.5 Å². The highest BCUT2D eigenvalue weighted by Crippen LogP contribution is 2.45. The number of hydrogen-bond acceptors (Lipinski definition) is 2. The van der Waals surface area contributed by atoms with Crippen molar-refractivity contribution in [2.45, 2.75) is 75.0 Å². The van der Waals surface area contributed by atoms with Gasteiger partial charge in [-0.2, -0.15) is 10.5 Å². The molecule has 0 radical (unpaired) electrons. The first-order valence-electron chi connectivity index (χ1n) is 10.8. The first-order chi connectivity index (χ1) is 14.5. The summed E-state index contributed by atoms with van der Waals surface area (Å²) >= 11 is 12.0. The second-order valence-electron chi connectivity index (χ2n) is 8.67. The van der Waals surface area contributed by atoms with E-state index in [1.807, 2.05) is 36.4 Å². The van der Waals surface area contributed by atoms with E-state index < -0.39 is 0 Å². The van der Waals surface area contributed by atoms with E-state index >= 15 is 0 Å². The zero-order chi connectivity index (χ0) is 21.5. The van der Waals surface area contributed by atoms with Gasteiger partial charge in [-0.25, -0.2) is 0 Å². The molecule has 2 aromatic rings. The molecule has 0 unspecified atom stereocenters. The van der Waals surface area contributed by atoms with Gasteiger partial charge in [-0.3, -0.25) is 0 Å². The van der Waals surface area contributed by atoms with E-state index in [0.717, 1.165) is 35.7 Å². The van der Waals surface area contributed by atoms with Crippen LogP contribution in [0.1, 0.15) is 75.3 Å². The molecule has 0 saturated heterocycles. The second-order valence-corrected chi connectivity index (χ2v) is 9.54. The lowest BCUT2D eigenvalue weighted by Gasteiger charge is -2.26. The largest absolute Gasteiger partial charge is 0.198 e. The van der Waals surface area contributed by atoms with Crippen molar-refractivity contribution in [3.05, 3.63) is 69.7 Å². The van der Waals surface area contributed by atoms with E-state index in [9.17, 15) is 0 Å². The quantitative estimate of drug-likeness (QED) is 0.483. The molecule has 0 amide bonds. The molecule has 2 aliphatic carbocycles. The van der Waals surface area contributed by atoms with Crippen LogP contribution in [0, 0.1) is 22.7 Å². The Balaban J connectivity index is 0.000000171. The fraction of sp³-hybridized carbons (Fsp3) is 0.462. The van der Waals surface area contributed by atoms with Crippen LogP contribution in [-0.2, 0) is 10.8 Å². The summed E-state index contributed by atoms with van der Waals surface area (Å²) in [5.41, 5.74) is 2.65. The van der Waals surface area contributed by atoms with Gasteiger partial charge in [-0.15, -0.1) is 0 Å². The van der Waals surface area contributed by atoms with Gasteiger partial charge in [0.1, 0.15) is 0 Å². The predicted octanol–water partition coefficient (Wildman–Crippen LogP) is 8.13. The number of benzene rings is 2. The summed E-state index contributed by atoms with van der Waals surface area (Å²) in [6, 6.07) is 20.6. The molecule has 0 aromatic heterocycles. The molecule has 0 heterocycles. The Labute approximate surface area is 190 Å². The Morgan fingerprint density at radius 3 is 1.33 bits per heavy atom. The third-order valence-electron chi connectivity index (χ3n) is 6.83. The summed E-state index contributed by atoms with van der Waals surface area (Å²) in [4.78, 5) is 0. The Kier molecular flexibility index (Phi) is 7.82. The zero-order valence-corrected chi connectivity index (χ0v) is 18.9. The SMILES string of the molecule is N#CCC1(c2cccc(Cl)c2)CCCC1.N#CCC1(c2cccc(Cl)c2)CCCC1. The first-order valence-corrected chi connectivity index (χ1v) is 11.6. The molecule has 0 bridgehead atoms. The highest BCUT2D eigenvalue weighted by molar-refractivity contribution is 6.30. The molecule has 4 rings (SSSR count). The molecule has 156 valence electrons. The number of nitriles is 2. The van der Waals surface area contributed by atoms with Crippen LogP contribution in [0.3, 0.4) is 0 Å². The van der Waals surface area contributed by atoms with Gasteiger partial charge >= 0.3 is 0 Å². The van der Waals surface area contributed by atoms with Gasteiger partial charge in [0, 0.05) is 33.7 Å². The molecule has 2 saturated carbocycles. The van der Waals surface area contributed by atoms with Gasteiger partial charge in [0.2, 0.25) is 0 Å². The molecule has 4 heteroatoms. The Morgan fingerprint density at radius 1 is 0.667 bits per heavy atom. The third kappa shape index (κ3) is 5.18. The van der Waals surface area contributed by atoms with Crippen molar-refractivity contribution >= 4 is 23.2 Å². The van der Waals surface area contributed by atoms with Gasteiger partial charge in [0.15, 0.2) is 0 Å². The summed E-state index contributed by atoms with van der Waals surface area (Å²) in [6.07, 6.45) is 10.7. The topological polar surface area (TPSA) is 47.6 Å². The Bertz CT molecular complexity index is 849. The molecule has 2 aliphatic rings. The average molecular weight is 439 g/mol. The maximum Gasteiger partial charge on any atom is 0.0631 e. The normalized spacial score (nSPS) is 18.7. The van der Waals surface area contributed by atoms with Gasteiger partial charge in [-0.05, 0) is 61.1 Å². The van der Waals surface area contributed by atoms with E-state index in [0.29, 0.717) is 12.8 Å². The summed E-state index contributed by atoms with van der Waals surface area (Å²) in [7, 11) is 0. The lowest BCUT2D eigenvalue weighted by molar-refractivity contribution is 0.451. The Morgan fingerprint density at radius 2 is 1.03 bits per heavy atom. The van der Waals surface area contributed by atoms with Gasteiger partial charge in [0.25, 0.3) is 0 Å². The van der Waals surface area contributed by atoms with Crippen molar-refractivity contribution < 1.29 is 0 Å². The highest BCUT2D eigenvalue weighted by atomic mass is 35.5. The highest BCUT2D eigenvalue weighted by Gasteiger charge is 2.36. The van der Waals surface area contributed by atoms with Crippen LogP contribution in [0.4, 0.5) is 0 Å². The molecule has 0 aliphatic heterocycles. The van der Waals surface area contributed by atoms with E-state index in [1.54, 1.807) is 0 Å². The lowest BCUT2D eigenvalue weighted by Crippen LogP contribution is -2.21. The summed E-state index contributed by atoms with van der Waals surface area (Å²) in [5, 5.41) is 19.4. The molecule has 2 aromatic carbocycles. The average Bonchev–Trinajstić information content (AvgIpc) is 3.41. The minimum Gasteiger partial charge on any atom is -0.198 e. The van der Waals surface area contributed by atoms with Crippen LogP contribution in [-0.4, -0.2) is 0 Å². The van der Waals surface area contributed by atoms with Crippen molar-refractivity contribution in [2.75, 3.05) is 0 Å². The van der Waals surface area contributed by atoms with E-state index in [2.05, 4.69) is 24.3 Å². The number of rotatable bonds is 4. The third-order valence-corrected chi connectivity index (χ3v) is 7.30. The van der Waals surface area contributed by atoms with Gasteiger partial charge in [0.05, 0.1) is 12.1 Å². The van der Waals surface area contributed by atoms with Crippen LogP contribution < -0.4 is 0 Å². The van der Waals surface area contributed by atoms with E-state index in [4.69, 9.17) is 33.7 Å². The van der Waals surface area contributed by atoms with Crippen molar-refractivity contribution in [2.24, 2.45) is 0 Å². The van der Waals surface area contributed by atoms with E-state index in [1.165, 1.54) is 36.8 Å². The fourth-order valence-corrected chi connectivity index (χ4v) is 5.56. The Hall–Kier alpha value is -2.00.